The fraction of sp³-hybridized carbons (Fsp3) is 0. The molecule has 0 spiro atoms. The summed E-state index contributed by atoms with van der Waals surface area (Å²) in [6.07, 6.45) is 1.46. The van der Waals surface area contributed by atoms with E-state index in [9.17, 15) is 17.6 Å². The van der Waals surface area contributed by atoms with Crippen molar-refractivity contribution >= 4 is 32.6 Å². The van der Waals surface area contributed by atoms with E-state index in [0.717, 1.165) is 18.2 Å². The van der Waals surface area contributed by atoms with Crippen molar-refractivity contribution in [3.63, 3.8) is 0 Å². The van der Waals surface area contributed by atoms with Crippen LogP contribution in [0.5, 0.6) is 0 Å². The first-order valence-electron chi connectivity index (χ1n) is 6.36. The minimum atomic E-state index is -4.08. The van der Waals surface area contributed by atoms with Gasteiger partial charge in [0.2, 0.25) is 0 Å². The summed E-state index contributed by atoms with van der Waals surface area (Å²) in [6, 6.07) is 7.47. The number of hydrogen-bond donors (Lipinski definition) is 3. The van der Waals surface area contributed by atoms with Gasteiger partial charge < -0.3 is 5.11 Å². The molecule has 0 atom stereocenters. The maximum absolute atomic E-state index is 13.4. The average molecular weight is 335 g/mol. The maximum Gasteiger partial charge on any atom is 0.338 e. The number of H-pyrrole nitrogens is 1. The summed E-state index contributed by atoms with van der Waals surface area (Å²) in [5.41, 5.74) is 0.197. The van der Waals surface area contributed by atoms with Crippen molar-refractivity contribution in [3.05, 3.63) is 54.0 Å². The molecule has 1 aromatic heterocycles. The van der Waals surface area contributed by atoms with Crippen LogP contribution in [0.2, 0.25) is 0 Å². The van der Waals surface area contributed by atoms with E-state index in [-0.39, 0.29) is 10.6 Å². The number of aromatic nitrogens is 2. The third-order valence-electron chi connectivity index (χ3n) is 3.21. The number of sulfonamides is 1. The van der Waals surface area contributed by atoms with Crippen LogP contribution in [-0.4, -0.2) is 29.7 Å². The molecule has 0 bridgehead atoms. The van der Waals surface area contributed by atoms with Crippen molar-refractivity contribution in [2.45, 2.75) is 4.90 Å². The number of benzene rings is 2. The van der Waals surface area contributed by atoms with Gasteiger partial charge in [-0.15, -0.1) is 0 Å². The molecular weight excluding hydrogens is 325 g/mol. The fourth-order valence-electron chi connectivity index (χ4n) is 2.10. The molecular formula is C14H10FN3O4S. The van der Waals surface area contributed by atoms with Crippen molar-refractivity contribution in [3.8, 4) is 0 Å². The highest BCUT2D eigenvalue weighted by Gasteiger charge is 2.20. The smallest absolute Gasteiger partial charge is 0.338 e. The van der Waals surface area contributed by atoms with Crippen molar-refractivity contribution in [2.24, 2.45) is 0 Å². The molecule has 0 aliphatic heterocycles. The van der Waals surface area contributed by atoms with E-state index in [1.54, 1.807) is 12.1 Å². The summed E-state index contributed by atoms with van der Waals surface area (Å²) < 4.78 is 40.5. The molecule has 0 unspecified atom stereocenters. The number of carboxylic acid groups (broad SMARTS) is 1. The SMILES string of the molecule is O=C(O)c1cc(S(=O)(=O)Nc2cccc3[nH]ncc23)ccc1F. The van der Waals surface area contributed by atoms with Crippen molar-refractivity contribution in [2.75, 3.05) is 4.72 Å². The lowest BCUT2D eigenvalue weighted by Gasteiger charge is -2.09. The average Bonchev–Trinajstić information content (AvgIpc) is 2.96. The predicted octanol–water partition coefficient (Wildman–Crippen LogP) is 2.20. The van der Waals surface area contributed by atoms with E-state index in [2.05, 4.69) is 14.9 Å². The van der Waals surface area contributed by atoms with Crippen LogP contribution in [0.15, 0.2) is 47.5 Å². The Kier molecular flexibility index (Phi) is 3.49. The Balaban J connectivity index is 2.04. The minimum Gasteiger partial charge on any atom is -0.478 e. The summed E-state index contributed by atoms with van der Waals surface area (Å²) in [4.78, 5) is 10.6. The standard InChI is InChI=1S/C14H10FN3O4S/c15-11-5-4-8(6-9(11)14(19)20)23(21,22)18-13-3-1-2-12-10(13)7-16-17-12/h1-7,18H,(H,16,17)(H,19,20). The molecule has 0 aliphatic carbocycles. The quantitative estimate of drug-likeness (QED) is 0.676. The molecule has 2 aromatic carbocycles. The highest BCUT2D eigenvalue weighted by molar-refractivity contribution is 7.92. The zero-order valence-corrected chi connectivity index (χ0v) is 12.3. The number of nitrogens with zero attached hydrogens (tertiary/aromatic N) is 1. The molecule has 118 valence electrons. The summed E-state index contributed by atoms with van der Waals surface area (Å²) in [6.45, 7) is 0. The van der Waals surface area contributed by atoms with E-state index >= 15 is 0 Å². The third kappa shape index (κ3) is 2.73. The second-order valence-corrected chi connectivity index (χ2v) is 6.37. The van der Waals surface area contributed by atoms with E-state index in [0.29, 0.717) is 10.9 Å². The van der Waals surface area contributed by atoms with Gasteiger partial charge >= 0.3 is 5.97 Å². The first-order chi connectivity index (χ1) is 10.9. The van der Waals surface area contributed by atoms with E-state index in [4.69, 9.17) is 5.11 Å². The molecule has 3 N–H and O–H groups in total. The molecule has 3 aromatic rings. The summed E-state index contributed by atoms with van der Waals surface area (Å²) in [7, 11) is -4.08. The van der Waals surface area contributed by atoms with Gasteiger partial charge in [-0.1, -0.05) is 6.07 Å². The van der Waals surface area contributed by atoms with Crippen LogP contribution in [0.4, 0.5) is 10.1 Å². The van der Waals surface area contributed by atoms with Gasteiger partial charge in [0.05, 0.1) is 27.9 Å². The number of rotatable bonds is 4. The number of nitrogens with one attached hydrogen (secondary N) is 2. The van der Waals surface area contributed by atoms with E-state index < -0.39 is 27.4 Å². The number of fused-ring (bicyclic) bond motifs is 1. The highest BCUT2D eigenvalue weighted by atomic mass is 32.2. The van der Waals surface area contributed by atoms with Crippen molar-refractivity contribution < 1.29 is 22.7 Å². The van der Waals surface area contributed by atoms with Gasteiger partial charge in [0.1, 0.15) is 5.82 Å². The number of aromatic amines is 1. The van der Waals surface area contributed by atoms with Crippen molar-refractivity contribution in [1.82, 2.24) is 10.2 Å². The Morgan fingerprint density at radius 1 is 1.26 bits per heavy atom. The lowest BCUT2D eigenvalue weighted by molar-refractivity contribution is 0.0691. The molecule has 23 heavy (non-hydrogen) atoms. The van der Waals surface area contributed by atoms with Gasteiger partial charge in [-0.2, -0.15) is 5.10 Å². The van der Waals surface area contributed by atoms with Crippen molar-refractivity contribution in [1.29, 1.82) is 0 Å². The number of hydrogen-bond acceptors (Lipinski definition) is 4. The van der Waals surface area contributed by atoms with Crippen LogP contribution in [0.3, 0.4) is 0 Å². The minimum absolute atomic E-state index is 0.275. The fourth-order valence-corrected chi connectivity index (χ4v) is 3.20. The monoisotopic (exact) mass is 335 g/mol. The van der Waals surface area contributed by atoms with Gasteiger partial charge in [-0.3, -0.25) is 9.82 Å². The van der Waals surface area contributed by atoms with Gasteiger partial charge in [0, 0.05) is 5.39 Å². The maximum atomic E-state index is 13.4. The molecule has 9 heteroatoms. The Morgan fingerprint density at radius 3 is 2.78 bits per heavy atom. The van der Waals surface area contributed by atoms with Crippen LogP contribution in [0, 0.1) is 5.82 Å². The number of carbonyl (C=O) groups is 1. The molecule has 3 rings (SSSR count). The first-order valence-corrected chi connectivity index (χ1v) is 7.84. The number of aromatic carboxylic acids is 1. The van der Waals surface area contributed by atoms with Crippen LogP contribution >= 0.6 is 0 Å². The largest absolute Gasteiger partial charge is 0.478 e. The number of halogens is 1. The molecule has 0 radical (unpaired) electrons. The molecule has 7 nitrogen and oxygen atoms in total. The molecule has 0 fully saturated rings. The van der Waals surface area contributed by atoms with Gasteiger partial charge in [-0.05, 0) is 30.3 Å². The van der Waals surface area contributed by atoms with Crippen LogP contribution in [-0.2, 0) is 10.0 Å². The molecule has 1 heterocycles. The normalized spacial score (nSPS) is 11.5. The van der Waals surface area contributed by atoms with Crippen LogP contribution < -0.4 is 4.72 Å². The topological polar surface area (TPSA) is 112 Å². The van der Waals surface area contributed by atoms with Crippen LogP contribution in [0.1, 0.15) is 10.4 Å². The van der Waals surface area contributed by atoms with Gasteiger partial charge in [0.25, 0.3) is 10.0 Å². The Morgan fingerprint density at radius 2 is 2.04 bits per heavy atom. The van der Waals surface area contributed by atoms with Crippen LogP contribution in [0.25, 0.3) is 10.9 Å². The summed E-state index contributed by atoms with van der Waals surface area (Å²) in [5, 5.41) is 16.0. The van der Waals surface area contributed by atoms with Gasteiger partial charge in [0.15, 0.2) is 0 Å². The predicted molar refractivity (Wildman–Crippen MR) is 80.3 cm³/mol. The second kappa shape index (κ2) is 5.36. The summed E-state index contributed by atoms with van der Waals surface area (Å²) >= 11 is 0. The van der Waals surface area contributed by atoms with Gasteiger partial charge in [-0.25, -0.2) is 17.6 Å². The second-order valence-electron chi connectivity index (χ2n) is 4.69. The zero-order valence-electron chi connectivity index (χ0n) is 11.4. The third-order valence-corrected chi connectivity index (χ3v) is 4.57. The summed E-state index contributed by atoms with van der Waals surface area (Å²) in [5.74, 6) is -2.55. The molecule has 0 saturated carbocycles. The van der Waals surface area contributed by atoms with E-state index in [1.807, 2.05) is 0 Å². The lowest BCUT2D eigenvalue weighted by Crippen LogP contribution is -2.14. The first kappa shape index (κ1) is 15.0. The number of anilines is 1. The van der Waals surface area contributed by atoms with E-state index in [1.165, 1.54) is 12.3 Å². The molecule has 0 saturated heterocycles. The Bertz CT molecular complexity index is 1010. The Labute approximate surface area is 129 Å². The molecule has 0 amide bonds. The Hall–Kier alpha value is -2.94. The zero-order chi connectivity index (χ0) is 16.6. The lowest BCUT2D eigenvalue weighted by atomic mass is 10.2. The highest BCUT2D eigenvalue weighted by Crippen LogP contribution is 2.25. The molecule has 0 aliphatic rings. The number of carboxylic acids is 1.